The van der Waals surface area contributed by atoms with Crippen molar-refractivity contribution in [2.24, 2.45) is 0 Å². The summed E-state index contributed by atoms with van der Waals surface area (Å²) in [5.41, 5.74) is -0.328. The van der Waals surface area contributed by atoms with Crippen LogP contribution in [0.25, 0.3) is 10.9 Å². The molecule has 1 aromatic carbocycles. The van der Waals surface area contributed by atoms with Crippen molar-refractivity contribution < 1.29 is 4.92 Å². The van der Waals surface area contributed by atoms with E-state index in [4.69, 9.17) is 11.6 Å². The van der Waals surface area contributed by atoms with Gasteiger partial charge in [0, 0.05) is 5.02 Å². The predicted octanol–water partition coefficient (Wildman–Crippen LogP) is 1.48. The fourth-order valence-corrected chi connectivity index (χ4v) is 1.38. The molecule has 0 aliphatic carbocycles. The van der Waals surface area contributed by atoms with Crippen LogP contribution < -0.4 is 5.43 Å². The highest BCUT2D eigenvalue weighted by Gasteiger charge is 2.16. The Morgan fingerprint density at radius 1 is 1.47 bits per heavy atom. The van der Waals surface area contributed by atoms with Crippen molar-refractivity contribution >= 4 is 28.3 Å². The second kappa shape index (κ2) is 3.32. The SMILES string of the molecule is O=c1c([N+](=O)[O-])n[nH]c2ccc(Cl)cc12. The Kier molecular flexibility index (Phi) is 2.12. The van der Waals surface area contributed by atoms with E-state index in [0.717, 1.165) is 0 Å². The van der Waals surface area contributed by atoms with E-state index in [2.05, 4.69) is 10.2 Å². The number of hydrogen-bond acceptors (Lipinski definition) is 4. The second-order valence-electron chi connectivity index (χ2n) is 2.82. The molecular formula is C8H4ClN3O3. The van der Waals surface area contributed by atoms with Gasteiger partial charge in [-0.3, -0.25) is 4.79 Å². The summed E-state index contributed by atoms with van der Waals surface area (Å²) in [6, 6.07) is 4.47. The van der Waals surface area contributed by atoms with Crippen molar-refractivity contribution in [1.82, 2.24) is 10.2 Å². The summed E-state index contributed by atoms with van der Waals surface area (Å²) in [7, 11) is 0. The summed E-state index contributed by atoms with van der Waals surface area (Å²) >= 11 is 5.68. The number of hydrogen-bond donors (Lipinski definition) is 1. The number of nitro groups is 1. The van der Waals surface area contributed by atoms with Crippen LogP contribution in [0.5, 0.6) is 0 Å². The molecule has 15 heavy (non-hydrogen) atoms. The number of benzene rings is 1. The van der Waals surface area contributed by atoms with Gasteiger partial charge < -0.3 is 10.1 Å². The van der Waals surface area contributed by atoms with Gasteiger partial charge in [-0.05, 0) is 23.1 Å². The zero-order chi connectivity index (χ0) is 11.0. The molecule has 1 N–H and O–H groups in total. The summed E-state index contributed by atoms with van der Waals surface area (Å²) in [5, 5.41) is 16.7. The van der Waals surface area contributed by atoms with Crippen molar-refractivity contribution in [2.45, 2.75) is 0 Å². The standard InChI is InChI=1S/C8H4ClN3O3/c9-4-1-2-6-5(3-4)7(13)8(11-10-6)12(14)15/h1-3H,(H,10,13). The largest absolute Gasteiger partial charge is 0.436 e. The molecule has 0 aliphatic heterocycles. The maximum atomic E-state index is 11.5. The van der Waals surface area contributed by atoms with Gasteiger partial charge in [-0.1, -0.05) is 11.6 Å². The minimum Gasteiger partial charge on any atom is -0.358 e. The molecule has 0 amide bonds. The molecule has 1 aromatic heterocycles. The quantitative estimate of drug-likeness (QED) is 0.588. The van der Waals surface area contributed by atoms with Crippen LogP contribution in [-0.4, -0.2) is 15.1 Å². The smallest absolute Gasteiger partial charge is 0.358 e. The molecule has 0 fully saturated rings. The van der Waals surface area contributed by atoms with Gasteiger partial charge >= 0.3 is 5.82 Å². The molecule has 2 aromatic rings. The minimum atomic E-state index is -0.834. The Balaban J connectivity index is 2.89. The fourth-order valence-electron chi connectivity index (χ4n) is 1.21. The fraction of sp³-hybridized carbons (Fsp3) is 0. The van der Waals surface area contributed by atoms with E-state index in [0.29, 0.717) is 10.5 Å². The van der Waals surface area contributed by atoms with Crippen LogP contribution in [0.3, 0.4) is 0 Å². The van der Waals surface area contributed by atoms with Gasteiger partial charge in [-0.25, -0.2) is 0 Å². The van der Waals surface area contributed by atoms with E-state index >= 15 is 0 Å². The number of aromatic amines is 1. The molecular weight excluding hydrogens is 222 g/mol. The Labute approximate surface area is 87.6 Å². The summed E-state index contributed by atoms with van der Waals surface area (Å²) in [6.45, 7) is 0. The summed E-state index contributed by atoms with van der Waals surface area (Å²) < 4.78 is 0. The van der Waals surface area contributed by atoms with E-state index < -0.39 is 16.2 Å². The van der Waals surface area contributed by atoms with Crippen molar-refractivity contribution in [3.05, 3.63) is 43.6 Å². The zero-order valence-electron chi connectivity index (χ0n) is 7.23. The summed E-state index contributed by atoms with van der Waals surface area (Å²) in [5.74, 6) is -0.732. The molecule has 2 rings (SSSR count). The van der Waals surface area contributed by atoms with Crippen LogP contribution in [0.1, 0.15) is 0 Å². The van der Waals surface area contributed by atoms with Gasteiger partial charge in [0.1, 0.15) is 0 Å². The summed E-state index contributed by atoms with van der Waals surface area (Å²) in [6.07, 6.45) is 0. The van der Waals surface area contributed by atoms with Gasteiger partial charge in [0.2, 0.25) is 0 Å². The Bertz CT molecular complexity index is 608. The molecule has 0 radical (unpaired) electrons. The van der Waals surface area contributed by atoms with Gasteiger partial charge in [-0.2, -0.15) is 5.10 Å². The number of halogens is 1. The first kappa shape index (κ1) is 9.60. The molecule has 0 saturated heterocycles. The first-order chi connectivity index (χ1) is 7.09. The van der Waals surface area contributed by atoms with E-state index in [1.165, 1.54) is 12.1 Å². The van der Waals surface area contributed by atoms with E-state index in [9.17, 15) is 14.9 Å². The molecule has 0 saturated carbocycles. The first-order valence-corrected chi connectivity index (χ1v) is 4.30. The maximum Gasteiger partial charge on any atom is 0.436 e. The number of rotatable bonds is 1. The first-order valence-electron chi connectivity index (χ1n) is 3.92. The monoisotopic (exact) mass is 225 g/mol. The second-order valence-corrected chi connectivity index (χ2v) is 3.26. The van der Waals surface area contributed by atoms with Gasteiger partial charge in [-0.15, -0.1) is 0 Å². The van der Waals surface area contributed by atoms with E-state index in [1.807, 2.05) is 0 Å². The third-order valence-corrected chi connectivity index (χ3v) is 2.12. The van der Waals surface area contributed by atoms with Crippen LogP contribution in [0.15, 0.2) is 23.0 Å². The molecule has 7 heteroatoms. The van der Waals surface area contributed by atoms with Gasteiger partial charge in [0.05, 0.1) is 16.0 Å². The normalized spacial score (nSPS) is 10.5. The lowest BCUT2D eigenvalue weighted by molar-refractivity contribution is -0.391. The third kappa shape index (κ3) is 1.55. The van der Waals surface area contributed by atoms with Crippen molar-refractivity contribution in [1.29, 1.82) is 0 Å². The molecule has 6 nitrogen and oxygen atoms in total. The molecule has 0 bridgehead atoms. The van der Waals surface area contributed by atoms with E-state index in [1.54, 1.807) is 6.07 Å². The van der Waals surface area contributed by atoms with Crippen LogP contribution in [-0.2, 0) is 0 Å². The lowest BCUT2D eigenvalue weighted by Crippen LogP contribution is -2.12. The molecule has 76 valence electrons. The van der Waals surface area contributed by atoms with Crippen LogP contribution >= 0.6 is 11.6 Å². The molecule has 0 unspecified atom stereocenters. The zero-order valence-corrected chi connectivity index (χ0v) is 7.99. The van der Waals surface area contributed by atoms with Crippen LogP contribution in [0.2, 0.25) is 5.02 Å². The Morgan fingerprint density at radius 3 is 2.87 bits per heavy atom. The average Bonchev–Trinajstić information content (AvgIpc) is 2.19. The molecule has 0 aliphatic rings. The number of nitrogens with zero attached hydrogens (tertiary/aromatic N) is 2. The number of aromatic nitrogens is 2. The van der Waals surface area contributed by atoms with Crippen LogP contribution in [0, 0.1) is 10.1 Å². The number of nitrogens with one attached hydrogen (secondary N) is 1. The summed E-state index contributed by atoms with van der Waals surface area (Å²) in [4.78, 5) is 21.1. The Hall–Kier alpha value is -1.95. The van der Waals surface area contributed by atoms with Crippen molar-refractivity contribution in [3.8, 4) is 0 Å². The highest BCUT2D eigenvalue weighted by atomic mass is 35.5. The average molecular weight is 226 g/mol. The highest BCUT2D eigenvalue weighted by Crippen LogP contribution is 2.15. The highest BCUT2D eigenvalue weighted by molar-refractivity contribution is 6.31. The number of H-pyrrole nitrogens is 1. The minimum absolute atomic E-state index is 0.157. The molecule has 0 spiro atoms. The lowest BCUT2D eigenvalue weighted by atomic mass is 10.2. The van der Waals surface area contributed by atoms with E-state index in [-0.39, 0.29) is 5.39 Å². The van der Waals surface area contributed by atoms with Gasteiger partial charge in [0.25, 0.3) is 5.43 Å². The predicted molar refractivity (Wildman–Crippen MR) is 54.0 cm³/mol. The molecule has 0 atom stereocenters. The van der Waals surface area contributed by atoms with Gasteiger partial charge in [0.15, 0.2) is 0 Å². The van der Waals surface area contributed by atoms with Crippen molar-refractivity contribution in [3.63, 3.8) is 0 Å². The number of fused-ring (bicyclic) bond motifs is 1. The van der Waals surface area contributed by atoms with Crippen molar-refractivity contribution in [2.75, 3.05) is 0 Å². The topological polar surface area (TPSA) is 88.9 Å². The maximum absolute atomic E-state index is 11.5. The van der Waals surface area contributed by atoms with Crippen LogP contribution in [0.4, 0.5) is 5.82 Å². The Morgan fingerprint density at radius 2 is 2.20 bits per heavy atom. The molecule has 1 heterocycles. The lowest BCUT2D eigenvalue weighted by Gasteiger charge is -1.95. The third-order valence-electron chi connectivity index (χ3n) is 1.88.